The molecule has 1 saturated heterocycles. The highest BCUT2D eigenvalue weighted by Crippen LogP contribution is 2.32. The number of rotatable bonds is 6. The number of anilines is 1. The van der Waals surface area contributed by atoms with Gasteiger partial charge in [0.25, 0.3) is 0 Å². The average Bonchev–Trinajstić information content (AvgIpc) is 3.31. The summed E-state index contributed by atoms with van der Waals surface area (Å²) >= 11 is 0. The normalized spacial score (nSPS) is 17.4. The second-order valence-corrected chi connectivity index (χ2v) is 7.02. The van der Waals surface area contributed by atoms with Crippen molar-refractivity contribution in [3.63, 3.8) is 0 Å². The lowest BCUT2D eigenvalue weighted by atomic mass is 10.2. The molecule has 1 aliphatic heterocycles. The predicted molar refractivity (Wildman–Crippen MR) is 105 cm³/mol. The van der Waals surface area contributed by atoms with Gasteiger partial charge in [-0.15, -0.1) is 0 Å². The van der Waals surface area contributed by atoms with Crippen LogP contribution >= 0.6 is 0 Å². The monoisotopic (exact) mass is 446 g/mol. The largest absolute Gasteiger partial charge is 0.435 e. The Hall–Kier alpha value is -3.05. The van der Waals surface area contributed by atoms with Crippen molar-refractivity contribution in [2.24, 2.45) is 12.0 Å². The summed E-state index contributed by atoms with van der Waals surface area (Å²) in [5, 5.41) is 9.51. The van der Waals surface area contributed by atoms with Crippen LogP contribution in [0.1, 0.15) is 17.7 Å². The van der Waals surface area contributed by atoms with E-state index in [0.717, 1.165) is 4.68 Å². The number of nitrogens with one attached hydrogen (secondary N) is 2. The molecule has 170 valence electrons. The fourth-order valence-electron chi connectivity index (χ4n) is 3.48. The smallest absolute Gasteiger partial charge is 0.433 e. The van der Waals surface area contributed by atoms with E-state index in [-0.39, 0.29) is 23.9 Å². The molecule has 1 atom stereocenters. The third-order valence-corrected chi connectivity index (χ3v) is 4.79. The second-order valence-electron chi connectivity index (χ2n) is 7.02. The van der Waals surface area contributed by atoms with E-state index >= 15 is 0 Å². The summed E-state index contributed by atoms with van der Waals surface area (Å²) in [4.78, 5) is 5.97. The number of aryl methyl sites for hydroxylation is 1. The van der Waals surface area contributed by atoms with Gasteiger partial charge >= 0.3 is 12.8 Å². The Morgan fingerprint density at radius 3 is 2.74 bits per heavy atom. The SMILES string of the molecule is CN=C(NCc1cn(C)nc1C(F)(F)F)NC1CCN(c2ccccc2OC(F)F)C1. The Bertz CT molecular complexity index is 913. The zero-order valence-electron chi connectivity index (χ0n) is 17.0. The maximum Gasteiger partial charge on any atom is 0.435 e. The van der Waals surface area contributed by atoms with Gasteiger partial charge < -0.3 is 20.3 Å². The first-order valence-corrected chi connectivity index (χ1v) is 9.53. The topological polar surface area (TPSA) is 66.7 Å². The third kappa shape index (κ3) is 5.76. The summed E-state index contributed by atoms with van der Waals surface area (Å²) in [5.41, 5.74) is -0.384. The van der Waals surface area contributed by atoms with Crippen LogP contribution in [-0.2, 0) is 19.8 Å². The van der Waals surface area contributed by atoms with Crippen LogP contribution in [0.4, 0.5) is 27.6 Å². The van der Waals surface area contributed by atoms with Crippen LogP contribution in [0.2, 0.25) is 0 Å². The molecule has 1 fully saturated rings. The van der Waals surface area contributed by atoms with Gasteiger partial charge in [-0.2, -0.15) is 27.1 Å². The molecule has 1 aromatic heterocycles. The van der Waals surface area contributed by atoms with E-state index < -0.39 is 18.5 Å². The lowest BCUT2D eigenvalue weighted by Crippen LogP contribution is -2.44. The van der Waals surface area contributed by atoms with Crippen molar-refractivity contribution in [1.82, 2.24) is 20.4 Å². The molecule has 2 heterocycles. The van der Waals surface area contributed by atoms with Gasteiger partial charge in [-0.25, -0.2) is 0 Å². The van der Waals surface area contributed by atoms with Gasteiger partial charge in [-0.1, -0.05) is 12.1 Å². The molecule has 2 N–H and O–H groups in total. The quantitative estimate of drug-likeness (QED) is 0.406. The van der Waals surface area contributed by atoms with Crippen LogP contribution in [0.15, 0.2) is 35.5 Å². The zero-order valence-corrected chi connectivity index (χ0v) is 17.0. The number of halogens is 5. The number of nitrogens with zero attached hydrogens (tertiary/aromatic N) is 4. The van der Waals surface area contributed by atoms with Gasteiger partial charge in [0.1, 0.15) is 5.75 Å². The molecule has 7 nitrogen and oxygen atoms in total. The van der Waals surface area contributed by atoms with E-state index in [1.165, 1.54) is 26.4 Å². The number of guanidine groups is 1. The van der Waals surface area contributed by atoms with E-state index in [2.05, 4.69) is 25.5 Å². The Morgan fingerprint density at radius 2 is 2.06 bits per heavy atom. The van der Waals surface area contributed by atoms with Crippen molar-refractivity contribution in [2.45, 2.75) is 31.8 Å². The maximum atomic E-state index is 13.1. The lowest BCUT2D eigenvalue weighted by molar-refractivity contribution is -0.142. The minimum absolute atomic E-state index is 0.00377. The molecule has 1 aliphatic rings. The van der Waals surface area contributed by atoms with E-state index in [4.69, 9.17) is 0 Å². The first-order valence-electron chi connectivity index (χ1n) is 9.53. The van der Waals surface area contributed by atoms with Crippen molar-refractivity contribution < 1.29 is 26.7 Å². The molecule has 0 bridgehead atoms. The first-order chi connectivity index (χ1) is 14.7. The Labute approximate surface area is 175 Å². The summed E-state index contributed by atoms with van der Waals surface area (Å²) in [6, 6.07) is 6.46. The number of aliphatic imine (C=N–C) groups is 1. The van der Waals surface area contributed by atoms with Crippen LogP contribution < -0.4 is 20.3 Å². The fourth-order valence-corrected chi connectivity index (χ4v) is 3.48. The number of alkyl halides is 5. The van der Waals surface area contributed by atoms with Crippen LogP contribution in [0, 0.1) is 0 Å². The van der Waals surface area contributed by atoms with Crippen molar-refractivity contribution in [1.29, 1.82) is 0 Å². The van der Waals surface area contributed by atoms with Crippen molar-refractivity contribution in [3.8, 4) is 5.75 Å². The van der Waals surface area contributed by atoms with E-state index in [0.29, 0.717) is 31.2 Å². The molecule has 12 heteroatoms. The standard InChI is InChI=1S/C19H23F5N6O/c1-25-18(26-9-12-10-29(2)28-16(12)19(22,23)24)27-13-7-8-30(11-13)14-5-3-4-6-15(14)31-17(20)21/h3-6,10,13,17H,7-9,11H2,1-2H3,(H2,25,26,27). The van der Waals surface area contributed by atoms with Gasteiger partial charge in [-0.3, -0.25) is 9.67 Å². The predicted octanol–water partition coefficient (Wildman–Crippen LogP) is 2.98. The van der Waals surface area contributed by atoms with Crippen LogP contribution in [-0.4, -0.2) is 48.5 Å². The summed E-state index contributed by atoms with van der Waals surface area (Å²) in [6.45, 7) is -1.94. The van der Waals surface area contributed by atoms with Crippen LogP contribution in [0.3, 0.4) is 0 Å². The molecule has 1 unspecified atom stereocenters. The minimum Gasteiger partial charge on any atom is -0.433 e. The van der Waals surface area contributed by atoms with Crippen molar-refractivity contribution in [2.75, 3.05) is 25.0 Å². The van der Waals surface area contributed by atoms with Gasteiger partial charge in [0.2, 0.25) is 0 Å². The van der Waals surface area contributed by atoms with Crippen LogP contribution in [0.25, 0.3) is 0 Å². The van der Waals surface area contributed by atoms with Crippen molar-refractivity contribution in [3.05, 3.63) is 41.7 Å². The number of aromatic nitrogens is 2. The van der Waals surface area contributed by atoms with Gasteiger partial charge in [-0.05, 0) is 18.6 Å². The number of hydrogen-bond donors (Lipinski definition) is 2. The molecule has 0 aliphatic carbocycles. The van der Waals surface area contributed by atoms with Gasteiger partial charge in [0.15, 0.2) is 11.7 Å². The molecule has 0 radical (unpaired) electrons. The molecular weight excluding hydrogens is 423 g/mol. The number of hydrogen-bond acceptors (Lipinski definition) is 4. The van der Waals surface area contributed by atoms with E-state index in [9.17, 15) is 22.0 Å². The van der Waals surface area contributed by atoms with E-state index in [1.54, 1.807) is 18.2 Å². The third-order valence-electron chi connectivity index (χ3n) is 4.79. The Balaban J connectivity index is 1.60. The molecule has 31 heavy (non-hydrogen) atoms. The minimum atomic E-state index is -4.55. The second kappa shape index (κ2) is 9.40. The number of benzene rings is 1. The Kier molecular flexibility index (Phi) is 6.86. The molecule has 0 amide bonds. The highest BCUT2D eigenvalue weighted by molar-refractivity contribution is 5.80. The molecule has 0 saturated carbocycles. The first kappa shape index (κ1) is 22.6. The highest BCUT2D eigenvalue weighted by Gasteiger charge is 2.37. The molecule has 3 rings (SSSR count). The van der Waals surface area contributed by atoms with Crippen molar-refractivity contribution >= 4 is 11.6 Å². The van der Waals surface area contributed by atoms with Gasteiger partial charge in [0.05, 0.1) is 5.69 Å². The molecule has 2 aromatic rings. The average molecular weight is 446 g/mol. The van der Waals surface area contributed by atoms with Crippen LogP contribution in [0.5, 0.6) is 5.75 Å². The highest BCUT2D eigenvalue weighted by atomic mass is 19.4. The molecule has 1 aromatic carbocycles. The number of ether oxygens (including phenoxy) is 1. The Morgan fingerprint density at radius 1 is 1.32 bits per heavy atom. The molecule has 0 spiro atoms. The summed E-state index contributed by atoms with van der Waals surface area (Å²) in [7, 11) is 2.94. The summed E-state index contributed by atoms with van der Waals surface area (Å²) in [6.07, 6.45) is -2.56. The lowest BCUT2D eigenvalue weighted by Gasteiger charge is -2.22. The van der Waals surface area contributed by atoms with Gasteiger partial charge in [0, 0.05) is 51.5 Å². The summed E-state index contributed by atoms with van der Waals surface area (Å²) < 4.78 is 70.3. The molecular formula is C19H23F5N6O. The fraction of sp³-hybridized carbons (Fsp3) is 0.474. The number of para-hydroxylation sites is 2. The maximum absolute atomic E-state index is 13.1. The van der Waals surface area contributed by atoms with E-state index in [1.807, 2.05) is 4.90 Å². The zero-order chi connectivity index (χ0) is 22.6. The summed E-state index contributed by atoms with van der Waals surface area (Å²) in [5.74, 6) is 0.429.